The van der Waals surface area contributed by atoms with Gasteiger partial charge in [0.15, 0.2) is 0 Å². The highest BCUT2D eigenvalue weighted by molar-refractivity contribution is 7.89. The summed E-state index contributed by atoms with van der Waals surface area (Å²) in [7, 11) is -1.73. The Balaban J connectivity index is 1.90. The molecule has 8 heteroatoms. The molecule has 0 amide bonds. The first-order valence-electron chi connectivity index (χ1n) is 7.45. The molecule has 0 saturated carbocycles. The molecule has 0 bridgehead atoms. The van der Waals surface area contributed by atoms with Crippen LogP contribution in [0.3, 0.4) is 0 Å². The van der Waals surface area contributed by atoms with Crippen molar-refractivity contribution in [3.63, 3.8) is 0 Å². The first-order chi connectivity index (χ1) is 10.0. The molecular formula is C13H25N5O2S. The van der Waals surface area contributed by atoms with Crippen molar-refractivity contribution in [3.8, 4) is 0 Å². The minimum absolute atomic E-state index is 0.276. The van der Waals surface area contributed by atoms with E-state index < -0.39 is 10.0 Å². The van der Waals surface area contributed by atoms with E-state index in [0.29, 0.717) is 24.5 Å². The van der Waals surface area contributed by atoms with Crippen molar-refractivity contribution in [1.29, 1.82) is 0 Å². The zero-order chi connectivity index (χ0) is 15.3. The molecule has 0 radical (unpaired) electrons. The SMILES string of the molecule is CNCc1n[nH]c(C)c1S(=O)(=O)NCCCN1CCCC1. The highest BCUT2D eigenvalue weighted by atomic mass is 32.2. The Labute approximate surface area is 126 Å². The van der Waals surface area contributed by atoms with Gasteiger partial charge in [0.1, 0.15) is 4.90 Å². The fraction of sp³-hybridized carbons (Fsp3) is 0.769. The zero-order valence-corrected chi connectivity index (χ0v) is 13.6. The van der Waals surface area contributed by atoms with E-state index in [4.69, 9.17) is 0 Å². The molecule has 1 fully saturated rings. The lowest BCUT2D eigenvalue weighted by molar-refractivity contribution is 0.334. The van der Waals surface area contributed by atoms with E-state index in [0.717, 1.165) is 26.1 Å². The number of H-pyrrole nitrogens is 1. The molecule has 2 heterocycles. The number of nitrogens with one attached hydrogen (secondary N) is 3. The zero-order valence-electron chi connectivity index (χ0n) is 12.8. The van der Waals surface area contributed by atoms with Crippen LogP contribution in [-0.2, 0) is 16.6 Å². The number of sulfonamides is 1. The van der Waals surface area contributed by atoms with Gasteiger partial charge in [-0.3, -0.25) is 5.10 Å². The van der Waals surface area contributed by atoms with Crippen LogP contribution in [0, 0.1) is 6.92 Å². The summed E-state index contributed by atoms with van der Waals surface area (Å²) < 4.78 is 27.5. The van der Waals surface area contributed by atoms with E-state index in [-0.39, 0.29) is 4.90 Å². The topological polar surface area (TPSA) is 90.1 Å². The number of hydrogen-bond donors (Lipinski definition) is 3. The van der Waals surface area contributed by atoms with E-state index in [2.05, 4.69) is 25.1 Å². The molecule has 0 spiro atoms. The Morgan fingerprint density at radius 2 is 2.05 bits per heavy atom. The third-order valence-corrected chi connectivity index (χ3v) is 5.38. The number of nitrogens with zero attached hydrogens (tertiary/aromatic N) is 2. The summed E-state index contributed by atoms with van der Waals surface area (Å²) in [6, 6.07) is 0. The molecular weight excluding hydrogens is 290 g/mol. The van der Waals surface area contributed by atoms with Crippen molar-refractivity contribution >= 4 is 10.0 Å². The van der Waals surface area contributed by atoms with Gasteiger partial charge in [0, 0.05) is 13.1 Å². The van der Waals surface area contributed by atoms with Crippen molar-refractivity contribution in [1.82, 2.24) is 25.1 Å². The van der Waals surface area contributed by atoms with E-state index >= 15 is 0 Å². The smallest absolute Gasteiger partial charge is 0.244 e. The van der Waals surface area contributed by atoms with Crippen molar-refractivity contribution in [2.45, 2.75) is 37.6 Å². The van der Waals surface area contributed by atoms with Crippen LogP contribution in [0.5, 0.6) is 0 Å². The number of aromatic nitrogens is 2. The lowest BCUT2D eigenvalue weighted by atomic mass is 10.4. The predicted molar refractivity (Wildman–Crippen MR) is 81.6 cm³/mol. The predicted octanol–water partition coefficient (Wildman–Crippen LogP) is 0.202. The summed E-state index contributed by atoms with van der Waals surface area (Å²) in [5, 5.41) is 9.73. The first kappa shape index (κ1) is 16.4. The monoisotopic (exact) mass is 315 g/mol. The number of aromatic amines is 1. The standard InChI is InChI=1S/C13H25N5O2S/c1-11-13(12(10-14-2)17-16-11)21(19,20)15-6-5-9-18-7-3-4-8-18/h14-15H,3-10H2,1-2H3,(H,16,17). The van der Waals surface area contributed by atoms with Gasteiger partial charge in [0.2, 0.25) is 10.0 Å². The molecule has 0 atom stereocenters. The quantitative estimate of drug-likeness (QED) is 0.596. The summed E-state index contributed by atoms with van der Waals surface area (Å²) in [6.45, 7) is 5.85. The third kappa shape index (κ3) is 4.26. The second-order valence-electron chi connectivity index (χ2n) is 5.45. The fourth-order valence-corrected chi connectivity index (χ4v) is 4.13. The summed E-state index contributed by atoms with van der Waals surface area (Å²) >= 11 is 0. The Hall–Kier alpha value is -0.960. The Morgan fingerprint density at radius 3 is 2.71 bits per heavy atom. The Morgan fingerprint density at radius 1 is 1.33 bits per heavy atom. The van der Waals surface area contributed by atoms with E-state index in [1.165, 1.54) is 12.8 Å². The summed E-state index contributed by atoms with van der Waals surface area (Å²) in [4.78, 5) is 2.65. The average molecular weight is 315 g/mol. The maximum Gasteiger partial charge on any atom is 0.244 e. The first-order valence-corrected chi connectivity index (χ1v) is 8.93. The van der Waals surface area contributed by atoms with Crippen LogP contribution in [-0.4, -0.2) is 56.7 Å². The summed E-state index contributed by atoms with van der Waals surface area (Å²) in [5.74, 6) is 0. The van der Waals surface area contributed by atoms with Crippen LogP contribution >= 0.6 is 0 Å². The van der Waals surface area contributed by atoms with Crippen LogP contribution in [0.4, 0.5) is 0 Å². The van der Waals surface area contributed by atoms with Crippen molar-refractivity contribution in [3.05, 3.63) is 11.4 Å². The largest absolute Gasteiger partial charge is 0.314 e. The van der Waals surface area contributed by atoms with Gasteiger partial charge in [-0.2, -0.15) is 5.10 Å². The molecule has 1 aliphatic heterocycles. The average Bonchev–Trinajstić information content (AvgIpc) is 3.05. The van der Waals surface area contributed by atoms with E-state index in [1.54, 1.807) is 14.0 Å². The Kier molecular flexibility index (Phi) is 5.74. The van der Waals surface area contributed by atoms with Gasteiger partial charge in [0.25, 0.3) is 0 Å². The van der Waals surface area contributed by atoms with Crippen LogP contribution < -0.4 is 10.0 Å². The minimum Gasteiger partial charge on any atom is -0.314 e. The molecule has 0 aromatic carbocycles. The van der Waals surface area contributed by atoms with Gasteiger partial charge in [-0.15, -0.1) is 0 Å². The maximum absolute atomic E-state index is 12.4. The van der Waals surface area contributed by atoms with Crippen LogP contribution in [0.2, 0.25) is 0 Å². The normalized spacial score (nSPS) is 16.7. The van der Waals surface area contributed by atoms with Crippen LogP contribution in [0.25, 0.3) is 0 Å². The van der Waals surface area contributed by atoms with Gasteiger partial charge in [-0.1, -0.05) is 0 Å². The molecule has 7 nitrogen and oxygen atoms in total. The summed E-state index contributed by atoms with van der Waals surface area (Å²) in [6.07, 6.45) is 3.35. The number of hydrogen-bond acceptors (Lipinski definition) is 5. The molecule has 21 heavy (non-hydrogen) atoms. The lowest BCUT2D eigenvalue weighted by Crippen LogP contribution is -2.29. The molecule has 0 aliphatic carbocycles. The second-order valence-corrected chi connectivity index (χ2v) is 7.16. The fourth-order valence-electron chi connectivity index (χ4n) is 2.70. The maximum atomic E-state index is 12.4. The second kappa shape index (κ2) is 7.35. The number of rotatable bonds is 8. The highest BCUT2D eigenvalue weighted by Gasteiger charge is 2.23. The molecule has 0 unspecified atom stereocenters. The Bertz CT molecular complexity index is 549. The molecule has 2 rings (SSSR count). The number of likely N-dealkylation sites (tertiary alicyclic amines) is 1. The molecule has 3 N–H and O–H groups in total. The molecule has 1 saturated heterocycles. The van der Waals surface area contributed by atoms with Crippen molar-refractivity contribution in [2.75, 3.05) is 33.2 Å². The number of aryl methyl sites for hydroxylation is 1. The molecule has 1 aliphatic rings. The van der Waals surface area contributed by atoms with Crippen molar-refractivity contribution in [2.24, 2.45) is 0 Å². The molecule has 1 aromatic heterocycles. The highest BCUT2D eigenvalue weighted by Crippen LogP contribution is 2.17. The third-order valence-electron chi connectivity index (χ3n) is 3.72. The van der Waals surface area contributed by atoms with Crippen LogP contribution in [0.15, 0.2) is 4.90 Å². The lowest BCUT2D eigenvalue weighted by Gasteiger charge is -2.14. The van der Waals surface area contributed by atoms with Gasteiger partial charge in [-0.05, 0) is 52.9 Å². The van der Waals surface area contributed by atoms with E-state index in [9.17, 15) is 8.42 Å². The van der Waals surface area contributed by atoms with Gasteiger partial charge in [-0.25, -0.2) is 13.1 Å². The van der Waals surface area contributed by atoms with Crippen molar-refractivity contribution < 1.29 is 8.42 Å². The van der Waals surface area contributed by atoms with E-state index in [1.807, 2.05) is 0 Å². The van der Waals surface area contributed by atoms with Gasteiger partial charge >= 0.3 is 0 Å². The minimum atomic E-state index is -3.50. The summed E-state index contributed by atoms with van der Waals surface area (Å²) in [5.41, 5.74) is 1.11. The molecule has 120 valence electrons. The van der Waals surface area contributed by atoms with Gasteiger partial charge in [0.05, 0.1) is 11.4 Å². The van der Waals surface area contributed by atoms with Crippen LogP contribution in [0.1, 0.15) is 30.7 Å². The molecule has 1 aromatic rings. The van der Waals surface area contributed by atoms with Gasteiger partial charge < -0.3 is 10.2 Å².